The van der Waals surface area contributed by atoms with Gasteiger partial charge in [0, 0.05) is 24.1 Å². The molecule has 1 aliphatic heterocycles. The molecule has 0 saturated heterocycles. The SMILES string of the molecule is O=C(Nc1ccc2c(c1)OCCO2)c1cncnc1. The van der Waals surface area contributed by atoms with Crippen LogP contribution in [0.15, 0.2) is 36.9 Å². The largest absolute Gasteiger partial charge is 0.486 e. The number of fused-ring (bicyclic) bond motifs is 1. The molecule has 2 aromatic rings. The highest BCUT2D eigenvalue weighted by molar-refractivity contribution is 6.03. The van der Waals surface area contributed by atoms with Crippen molar-refractivity contribution in [2.45, 2.75) is 0 Å². The van der Waals surface area contributed by atoms with Gasteiger partial charge in [0.2, 0.25) is 0 Å². The maximum atomic E-state index is 11.9. The number of anilines is 1. The van der Waals surface area contributed by atoms with Gasteiger partial charge in [-0.15, -0.1) is 0 Å². The number of hydrogen-bond acceptors (Lipinski definition) is 5. The number of benzene rings is 1. The van der Waals surface area contributed by atoms with Gasteiger partial charge >= 0.3 is 0 Å². The molecule has 1 aromatic heterocycles. The first-order valence-corrected chi connectivity index (χ1v) is 5.79. The van der Waals surface area contributed by atoms with Crippen molar-refractivity contribution < 1.29 is 14.3 Å². The minimum Gasteiger partial charge on any atom is -0.486 e. The summed E-state index contributed by atoms with van der Waals surface area (Å²) in [5.41, 5.74) is 1.04. The lowest BCUT2D eigenvalue weighted by Gasteiger charge is -2.18. The molecule has 6 heteroatoms. The zero-order valence-corrected chi connectivity index (χ0v) is 10.00. The van der Waals surface area contributed by atoms with Crippen LogP contribution < -0.4 is 14.8 Å². The number of carbonyl (C=O) groups excluding carboxylic acids is 1. The molecule has 6 nitrogen and oxygen atoms in total. The molecule has 1 N–H and O–H groups in total. The van der Waals surface area contributed by atoms with E-state index in [1.54, 1.807) is 18.2 Å². The van der Waals surface area contributed by atoms with Crippen molar-refractivity contribution in [3.8, 4) is 11.5 Å². The number of nitrogens with one attached hydrogen (secondary N) is 1. The number of ether oxygens (including phenoxy) is 2. The van der Waals surface area contributed by atoms with E-state index in [4.69, 9.17) is 9.47 Å². The second-order valence-electron chi connectivity index (χ2n) is 3.94. The van der Waals surface area contributed by atoms with E-state index in [-0.39, 0.29) is 5.91 Å². The standard InChI is InChI=1S/C13H11N3O3/c17-13(9-6-14-8-15-7-9)16-10-1-2-11-12(5-10)19-4-3-18-11/h1-2,5-8H,3-4H2,(H,16,17). The minimum atomic E-state index is -0.266. The fraction of sp³-hybridized carbons (Fsp3) is 0.154. The predicted octanol–water partition coefficient (Wildman–Crippen LogP) is 1.50. The van der Waals surface area contributed by atoms with Crippen LogP contribution in [-0.4, -0.2) is 29.1 Å². The Labute approximate surface area is 109 Å². The van der Waals surface area contributed by atoms with E-state index in [9.17, 15) is 4.79 Å². The zero-order chi connectivity index (χ0) is 13.1. The lowest BCUT2D eigenvalue weighted by Crippen LogP contribution is -2.16. The molecule has 0 atom stereocenters. The first-order chi connectivity index (χ1) is 9.33. The maximum Gasteiger partial charge on any atom is 0.258 e. The molecule has 0 spiro atoms. The van der Waals surface area contributed by atoms with Gasteiger partial charge in [-0.3, -0.25) is 4.79 Å². The van der Waals surface area contributed by atoms with E-state index in [1.807, 2.05) is 0 Å². The Kier molecular flexibility index (Phi) is 2.97. The molecule has 1 amide bonds. The summed E-state index contributed by atoms with van der Waals surface area (Å²) in [5.74, 6) is 1.05. The molecule has 1 aromatic carbocycles. The smallest absolute Gasteiger partial charge is 0.258 e. The van der Waals surface area contributed by atoms with Crippen LogP contribution in [0.4, 0.5) is 5.69 Å². The number of amides is 1. The van der Waals surface area contributed by atoms with Crippen molar-refractivity contribution >= 4 is 11.6 Å². The normalized spacial score (nSPS) is 12.8. The Morgan fingerprint density at radius 2 is 1.84 bits per heavy atom. The summed E-state index contributed by atoms with van der Waals surface area (Å²) in [5, 5.41) is 2.75. The van der Waals surface area contributed by atoms with E-state index >= 15 is 0 Å². The third-order valence-corrected chi connectivity index (χ3v) is 2.62. The van der Waals surface area contributed by atoms with E-state index < -0.39 is 0 Å². The molecule has 0 radical (unpaired) electrons. The molecule has 0 saturated carbocycles. The van der Waals surface area contributed by atoms with Crippen LogP contribution in [0.2, 0.25) is 0 Å². The van der Waals surface area contributed by atoms with Crippen LogP contribution in [0, 0.1) is 0 Å². The summed E-state index contributed by atoms with van der Waals surface area (Å²) in [6.45, 7) is 1.05. The Hall–Kier alpha value is -2.63. The summed E-state index contributed by atoms with van der Waals surface area (Å²) < 4.78 is 10.9. The summed E-state index contributed by atoms with van der Waals surface area (Å²) >= 11 is 0. The fourth-order valence-corrected chi connectivity index (χ4v) is 1.74. The molecule has 19 heavy (non-hydrogen) atoms. The van der Waals surface area contributed by atoms with Crippen LogP contribution in [-0.2, 0) is 0 Å². The van der Waals surface area contributed by atoms with Gasteiger partial charge in [0.15, 0.2) is 11.5 Å². The van der Waals surface area contributed by atoms with E-state index in [0.717, 1.165) is 0 Å². The Bertz CT molecular complexity index is 601. The van der Waals surface area contributed by atoms with E-state index in [2.05, 4.69) is 15.3 Å². The van der Waals surface area contributed by atoms with Crippen LogP contribution in [0.1, 0.15) is 10.4 Å². The topological polar surface area (TPSA) is 73.3 Å². The lowest BCUT2D eigenvalue weighted by molar-refractivity contribution is 0.102. The van der Waals surface area contributed by atoms with Gasteiger partial charge in [-0.25, -0.2) is 9.97 Å². The average molecular weight is 257 g/mol. The number of aromatic nitrogens is 2. The van der Waals surface area contributed by atoms with E-state index in [1.165, 1.54) is 18.7 Å². The summed E-state index contributed by atoms with van der Waals surface area (Å²) in [6, 6.07) is 5.26. The molecule has 2 heterocycles. The van der Waals surface area contributed by atoms with Crippen molar-refractivity contribution in [2.24, 2.45) is 0 Å². The molecule has 1 aliphatic rings. The van der Waals surface area contributed by atoms with Crippen LogP contribution in [0.5, 0.6) is 11.5 Å². The molecule has 3 rings (SSSR count). The first kappa shape index (κ1) is 11.5. The van der Waals surface area contributed by atoms with Gasteiger partial charge in [-0.1, -0.05) is 0 Å². The number of carbonyl (C=O) groups is 1. The van der Waals surface area contributed by atoms with Gasteiger partial charge in [0.05, 0.1) is 5.56 Å². The molecule has 0 aliphatic carbocycles. The van der Waals surface area contributed by atoms with Crippen LogP contribution in [0.25, 0.3) is 0 Å². The molecular weight excluding hydrogens is 246 g/mol. The molecule has 96 valence electrons. The highest BCUT2D eigenvalue weighted by atomic mass is 16.6. The summed E-state index contributed by atoms with van der Waals surface area (Å²) in [4.78, 5) is 19.5. The average Bonchev–Trinajstić information content (AvgIpc) is 2.48. The minimum absolute atomic E-state index is 0.266. The molecular formula is C13H11N3O3. The second kappa shape index (κ2) is 4.93. The molecule has 0 unspecified atom stereocenters. The lowest BCUT2D eigenvalue weighted by atomic mass is 10.2. The van der Waals surface area contributed by atoms with Crippen LogP contribution >= 0.6 is 0 Å². The van der Waals surface area contributed by atoms with Crippen molar-refractivity contribution in [1.82, 2.24) is 9.97 Å². The molecule has 0 bridgehead atoms. The third-order valence-electron chi connectivity index (χ3n) is 2.62. The first-order valence-electron chi connectivity index (χ1n) is 5.79. The number of rotatable bonds is 2. The Morgan fingerprint density at radius 1 is 1.11 bits per heavy atom. The van der Waals surface area contributed by atoms with Crippen molar-refractivity contribution in [3.05, 3.63) is 42.5 Å². The molecule has 0 fully saturated rings. The quantitative estimate of drug-likeness (QED) is 0.882. The van der Waals surface area contributed by atoms with E-state index in [0.29, 0.717) is 36.0 Å². The predicted molar refractivity (Wildman–Crippen MR) is 67.4 cm³/mol. The third kappa shape index (κ3) is 2.47. The van der Waals surface area contributed by atoms with Crippen molar-refractivity contribution in [2.75, 3.05) is 18.5 Å². The van der Waals surface area contributed by atoms with Gasteiger partial charge in [-0.05, 0) is 12.1 Å². The maximum absolute atomic E-state index is 11.9. The zero-order valence-electron chi connectivity index (χ0n) is 10.00. The monoisotopic (exact) mass is 257 g/mol. The van der Waals surface area contributed by atoms with Gasteiger partial charge in [-0.2, -0.15) is 0 Å². The van der Waals surface area contributed by atoms with Crippen LogP contribution in [0.3, 0.4) is 0 Å². The van der Waals surface area contributed by atoms with Crippen molar-refractivity contribution in [1.29, 1.82) is 0 Å². The van der Waals surface area contributed by atoms with Gasteiger partial charge in [0.1, 0.15) is 19.5 Å². The van der Waals surface area contributed by atoms with Gasteiger partial charge in [0.25, 0.3) is 5.91 Å². The van der Waals surface area contributed by atoms with Gasteiger partial charge < -0.3 is 14.8 Å². The number of hydrogen-bond donors (Lipinski definition) is 1. The number of nitrogens with zero attached hydrogens (tertiary/aromatic N) is 2. The second-order valence-corrected chi connectivity index (χ2v) is 3.94. The van der Waals surface area contributed by atoms with Crippen molar-refractivity contribution in [3.63, 3.8) is 0 Å². The summed E-state index contributed by atoms with van der Waals surface area (Å²) in [6.07, 6.45) is 4.29. The summed E-state index contributed by atoms with van der Waals surface area (Å²) in [7, 11) is 0. The Balaban J connectivity index is 1.78. The highest BCUT2D eigenvalue weighted by Gasteiger charge is 2.13. The Morgan fingerprint density at radius 3 is 2.63 bits per heavy atom. The fourth-order valence-electron chi connectivity index (χ4n) is 1.74. The highest BCUT2D eigenvalue weighted by Crippen LogP contribution is 2.32.